The van der Waals surface area contributed by atoms with Gasteiger partial charge in [0.2, 0.25) is 5.82 Å². The molecule has 2 aromatic carbocycles. The van der Waals surface area contributed by atoms with Gasteiger partial charge in [0, 0.05) is 24.1 Å². The summed E-state index contributed by atoms with van der Waals surface area (Å²) in [6.45, 7) is 5.47. The molecule has 0 unspecified atom stereocenters. The number of aryl methyl sites for hydroxylation is 1. The summed E-state index contributed by atoms with van der Waals surface area (Å²) in [5, 5.41) is 13.3. The Labute approximate surface area is 241 Å². The van der Waals surface area contributed by atoms with E-state index < -0.39 is 5.97 Å². The number of carboxylic acid groups (broad SMARTS) is 1. The molecular formula is C29H32IN5O4. The molecule has 0 radical (unpaired) electrons. The van der Waals surface area contributed by atoms with E-state index in [1.54, 1.807) is 7.11 Å². The van der Waals surface area contributed by atoms with E-state index in [2.05, 4.69) is 73.6 Å². The van der Waals surface area contributed by atoms with Gasteiger partial charge in [-0.15, -0.1) is 0 Å². The number of rotatable bonds is 12. The van der Waals surface area contributed by atoms with Crippen LogP contribution >= 0.6 is 22.6 Å². The Hall–Kier alpha value is -3.25. The number of carboxylic acids is 1. The Morgan fingerprint density at radius 2 is 1.87 bits per heavy atom. The Morgan fingerprint density at radius 1 is 1.13 bits per heavy atom. The van der Waals surface area contributed by atoms with E-state index in [1.807, 2.05) is 25.1 Å². The van der Waals surface area contributed by atoms with Crippen LogP contribution in [0.4, 0.5) is 5.82 Å². The molecule has 0 spiro atoms. The molecule has 204 valence electrons. The minimum Gasteiger partial charge on any atom is -0.490 e. The SMILES string of the molecule is COCCOc1ccc(C)cc1-c1nc2nc(C(=O)O)nc(N[C@H](C)C3CC3)c2n1Cc1ccc(CI)cc1. The molecule has 10 heteroatoms. The Kier molecular flexibility index (Phi) is 8.31. The van der Waals surface area contributed by atoms with Crippen LogP contribution in [0.15, 0.2) is 42.5 Å². The lowest BCUT2D eigenvalue weighted by molar-refractivity contribution is 0.0684. The highest BCUT2D eigenvalue weighted by Crippen LogP contribution is 2.37. The smallest absolute Gasteiger partial charge is 0.374 e. The predicted octanol–water partition coefficient (Wildman–Crippen LogP) is 5.72. The molecule has 1 aliphatic carbocycles. The Morgan fingerprint density at radius 3 is 2.54 bits per heavy atom. The minimum atomic E-state index is -1.19. The summed E-state index contributed by atoms with van der Waals surface area (Å²) in [5.74, 6) is 0.853. The summed E-state index contributed by atoms with van der Waals surface area (Å²) < 4.78 is 14.3. The minimum absolute atomic E-state index is 0.145. The lowest BCUT2D eigenvalue weighted by atomic mass is 10.1. The fourth-order valence-corrected chi connectivity index (χ4v) is 5.13. The molecule has 9 nitrogen and oxygen atoms in total. The average Bonchev–Trinajstić information content (AvgIpc) is 3.72. The molecule has 2 N–H and O–H groups in total. The topological polar surface area (TPSA) is 111 Å². The number of halogens is 1. The maximum absolute atomic E-state index is 12.0. The number of nitrogens with zero attached hydrogens (tertiary/aromatic N) is 4. The van der Waals surface area contributed by atoms with Gasteiger partial charge in [0.05, 0.1) is 12.2 Å². The molecule has 1 aliphatic rings. The maximum Gasteiger partial charge on any atom is 0.374 e. The second-order valence-electron chi connectivity index (χ2n) is 9.96. The molecule has 1 saturated carbocycles. The van der Waals surface area contributed by atoms with Crippen LogP contribution in [0, 0.1) is 12.8 Å². The molecular weight excluding hydrogens is 609 g/mol. The van der Waals surface area contributed by atoms with E-state index in [-0.39, 0.29) is 11.9 Å². The van der Waals surface area contributed by atoms with E-state index in [9.17, 15) is 9.90 Å². The van der Waals surface area contributed by atoms with Gasteiger partial charge in [0.25, 0.3) is 0 Å². The molecule has 0 bridgehead atoms. The highest BCUT2D eigenvalue weighted by Gasteiger charge is 2.30. The first-order chi connectivity index (χ1) is 18.9. The second kappa shape index (κ2) is 11.9. The van der Waals surface area contributed by atoms with Crippen LogP contribution in [0.5, 0.6) is 5.75 Å². The van der Waals surface area contributed by atoms with Crippen molar-refractivity contribution in [3.05, 3.63) is 65.0 Å². The number of hydrogen-bond donors (Lipinski definition) is 2. The van der Waals surface area contributed by atoms with Gasteiger partial charge in [-0.2, -0.15) is 0 Å². The Balaban J connectivity index is 1.72. The van der Waals surface area contributed by atoms with Crippen molar-refractivity contribution in [2.24, 2.45) is 5.92 Å². The van der Waals surface area contributed by atoms with Gasteiger partial charge in [-0.1, -0.05) is 58.5 Å². The first-order valence-electron chi connectivity index (χ1n) is 13.0. The lowest BCUT2D eigenvalue weighted by Gasteiger charge is -2.17. The van der Waals surface area contributed by atoms with Gasteiger partial charge >= 0.3 is 5.97 Å². The summed E-state index contributed by atoms with van der Waals surface area (Å²) in [7, 11) is 1.64. The molecule has 4 aromatic rings. The fraction of sp³-hybridized carbons (Fsp3) is 0.379. The molecule has 0 saturated heterocycles. The number of hydrogen-bond acceptors (Lipinski definition) is 7. The molecule has 2 aromatic heterocycles. The zero-order valence-corrected chi connectivity index (χ0v) is 24.4. The van der Waals surface area contributed by atoms with E-state index >= 15 is 0 Å². The maximum atomic E-state index is 12.0. The normalized spacial score (nSPS) is 13.9. The average molecular weight is 642 g/mol. The first-order valence-corrected chi connectivity index (χ1v) is 14.5. The third kappa shape index (κ3) is 6.17. The number of fused-ring (bicyclic) bond motifs is 1. The molecule has 39 heavy (non-hydrogen) atoms. The second-order valence-corrected chi connectivity index (χ2v) is 10.7. The molecule has 0 amide bonds. The van der Waals surface area contributed by atoms with Gasteiger partial charge in [-0.05, 0) is 55.9 Å². The van der Waals surface area contributed by atoms with Crippen molar-refractivity contribution in [1.29, 1.82) is 0 Å². The summed E-state index contributed by atoms with van der Waals surface area (Å²) in [6.07, 6.45) is 2.29. The van der Waals surface area contributed by atoms with Gasteiger partial charge in [-0.3, -0.25) is 0 Å². The van der Waals surface area contributed by atoms with Crippen LogP contribution in [0.1, 0.15) is 47.1 Å². The highest BCUT2D eigenvalue weighted by molar-refractivity contribution is 14.1. The summed E-state index contributed by atoms with van der Waals surface area (Å²) in [4.78, 5) is 25.7. The third-order valence-corrected chi connectivity index (χ3v) is 7.81. The lowest BCUT2D eigenvalue weighted by Crippen LogP contribution is -2.20. The van der Waals surface area contributed by atoms with Crippen LogP contribution in [0.2, 0.25) is 0 Å². The van der Waals surface area contributed by atoms with Crippen molar-refractivity contribution >= 4 is 45.5 Å². The van der Waals surface area contributed by atoms with Crippen LogP contribution < -0.4 is 10.1 Å². The van der Waals surface area contributed by atoms with Crippen molar-refractivity contribution in [2.45, 2.75) is 43.7 Å². The first kappa shape index (κ1) is 27.3. The summed E-state index contributed by atoms with van der Waals surface area (Å²) in [5.41, 5.74) is 5.18. The number of methoxy groups -OCH3 is 1. The number of imidazole rings is 1. The van der Waals surface area contributed by atoms with Crippen LogP contribution in [0.3, 0.4) is 0 Å². The zero-order chi connectivity index (χ0) is 27.5. The zero-order valence-electron chi connectivity index (χ0n) is 22.3. The number of benzene rings is 2. The van der Waals surface area contributed by atoms with Crippen LogP contribution in [0.25, 0.3) is 22.6 Å². The van der Waals surface area contributed by atoms with Crippen molar-refractivity contribution in [3.63, 3.8) is 0 Å². The molecule has 1 atom stereocenters. The van der Waals surface area contributed by atoms with E-state index in [0.717, 1.165) is 34.0 Å². The fourth-order valence-electron chi connectivity index (χ4n) is 4.62. The number of anilines is 1. The van der Waals surface area contributed by atoms with Crippen molar-refractivity contribution in [1.82, 2.24) is 19.5 Å². The van der Waals surface area contributed by atoms with Gasteiger partial charge in [-0.25, -0.2) is 19.7 Å². The standard InChI is InChI=1S/C29H32IN5O4/c1-17-4-11-23(39-13-12-38-3)22(14-17)28-34-26-24(35(28)16-20-7-5-19(15-30)6-8-20)25(31-18(2)21-9-10-21)32-27(33-26)29(36)37/h4-8,11,14,18,21H,9-10,12-13,15-16H2,1-3H3,(H,36,37)(H,31,32,33)/t18-/m1/s1. The summed E-state index contributed by atoms with van der Waals surface area (Å²) >= 11 is 2.36. The quantitative estimate of drug-likeness (QED) is 0.115. The molecule has 5 rings (SSSR count). The molecule has 2 heterocycles. The molecule has 0 aliphatic heterocycles. The summed E-state index contributed by atoms with van der Waals surface area (Å²) in [6, 6.07) is 14.6. The Bertz CT molecular complexity index is 1480. The van der Waals surface area contributed by atoms with Crippen LogP contribution in [-0.4, -0.2) is 57.0 Å². The van der Waals surface area contributed by atoms with Gasteiger partial charge in [0.1, 0.15) is 23.7 Å². The monoisotopic (exact) mass is 641 g/mol. The third-order valence-electron chi connectivity index (χ3n) is 6.93. The van der Waals surface area contributed by atoms with E-state index in [0.29, 0.717) is 54.2 Å². The van der Waals surface area contributed by atoms with Gasteiger partial charge in [0.15, 0.2) is 11.5 Å². The van der Waals surface area contributed by atoms with E-state index in [4.69, 9.17) is 14.5 Å². The largest absolute Gasteiger partial charge is 0.490 e. The predicted molar refractivity (Wildman–Crippen MR) is 159 cm³/mol. The number of ether oxygens (including phenoxy) is 2. The number of carbonyl (C=O) groups is 1. The van der Waals surface area contributed by atoms with Gasteiger partial charge < -0.3 is 24.5 Å². The number of aromatic nitrogens is 4. The highest BCUT2D eigenvalue weighted by atomic mass is 127. The van der Waals surface area contributed by atoms with Crippen molar-refractivity contribution < 1.29 is 19.4 Å². The van der Waals surface area contributed by atoms with Crippen molar-refractivity contribution in [2.75, 3.05) is 25.6 Å². The number of aromatic carboxylic acids is 1. The van der Waals surface area contributed by atoms with Crippen molar-refractivity contribution in [3.8, 4) is 17.1 Å². The molecule has 1 fully saturated rings. The number of nitrogens with one attached hydrogen (secondary N) is 1. The van der Waals surface area contributed by atoms with Crippen LogP contribution in [-0.2, 0) is 15.7 Å². The van der Waals surface area contributed by atoms with E-state index in [1.165, 1.54) is 5.56 Å². The number of alkyl halides is 1.